The predicted molar refractivity (Wildman–Crippen MR) is 103 cm³/mol. The normalized spacial score (nSPS) is 17.7. The van der Waals surface area contributed by atoms with Gasteiger partial charge in [-0.2, -0.15) is 0 Å². The molecule has 4 rings (SSSR count). The fourth-order valence-electron chi connectivity index (χ4n) is 3.80. The number of amides is 3. The molecule has 1 saturated heterocycles. The molecule has 0 atom stereocenters. The van der Waals surface area contributed by atoms with Crippen molar-refractivity contribution in [3.05, 3.63) is 59.2 Å². The molecule has 0 aromatic heterocycles. The molecule has 27 heavy (non-hydrogen) atoms. The number of aryl methyl sites for hydroxylation is 2. The van der Waals surface area contributed by atoms with Gasteiger partial charge in [0.25, 0.3) is 5.91 Å². The zero-order chi connectivity index (χ0) is 19.0. The number of hydrogen-bond acceptors (Lipinski definition) is 3. The highest BCUT2D eigenvalue weighted by atomic mass is 16.5. The number of benzene rings is 2. The Morgan fingerprint density at radius 3 is 2.48 bits per heavy atom. The largest absolute Gasteiger partial charge is 0.467 e. The van der Waals surface area contributed by atoms with Crippen molar-refractivity contribution in [2.45, 2.75) is 32.4 Å². The maximum atomic E-state index is 12.6. The van der Waals surface area contributed by atoms with Gasteiger partial charge in [0.1, 0.15) is 5.75 Å². The summed E-state index contributed by atoms with van der Waals surface area (Å²) in [6.07, 6.45) is 1.10. The van der Waals surface area contributed by atoms with Crippen LogP contribution in [0.2, 0.25) is 0 Å². The predicted octanol–water partition coefficient (Wildman–Crippen LogP) is 3.45. The summed E-state index contributed by atoms with van der Waals surface area (Å²) in [6, 6.07) is 13.1. The van der Waals surface area contributed by atoms with Crippen LogP contribution in [0.15, 0.2) is 42.5 Å². The molecule has 2 heterocycles. The van der Waals surface area contributed by atoms with Crippen LogP contribution in [-0.4, -0.2) is 35.7 Å². The fraction of sp³-hybridized carbons (Fsp3) is 0.333. The number of carbonyl (C=O) groups is 2. The summed E-state index contributed by atoms with van der Waals surface area (Å²) in [7, 11) is 0. The van der Waals surface area contributed by atoms with E-state index in [4.69, 9.17) is 4.74 Å². The van der Waals surface area contributed by atoms with Gasteiger partial charge in [-0.1, -0.05) is 18.2 Å². The van der Waals surface area contributed by atoms with E-state index in [-0.39, 0.29) is 11.9 Å². The zero-order valence-electron chi connectivity index (χ0n) is 15.5. The lowest BCUT2D eigenvalue weighted by atomic mass is 9.97. The van der Waals surface area contributed by atoms with Crippen molar-refractivity contribution in [2.75, 3.05) is 18.4 Å². The van der Waals surface area contributed by atoms with E-state index in [2.05, 4.69) is 16.7 Å². The van der Waals surface area contributed by atoms with Crippen LogP contribution in [0.3, 0.4) is 0 Å². The van der Waals surface area contributed by atoms with Gasteiger partial charge >= 0.3 is 6.03 Å². The number of fused-ring (bicyclic) bond motifs is 1. The number of ether oxygens (including phenoxy) is 1. The second-order valence-electron chi connectivity index (χ2n) is 7.34. The Morgan fingerprint density at radius 2 is 1.78 bits per heavy atom. The van der Waals surface area contributed by atoms with Crippen LogP contribution in [0.4, 0.5) is 10.5 Å². The van der Waals surface area contributed by atoms with Gasteiger partial charge in [0.15, 0.2) is 5.72 Å². The van der Waals surface area contributed by atoms with Crippen molar-refractivity contribution in [1.82, 2.24) is 10.2 Å². The van der Waals surface area contributed by atoms with E-state index >= 15 is 0 Å². The van der Waals surface area contributed by atoms with E-state index in [0.29, 0.717) is 37.2 Å². The highest BCUT2D eigenvalue weighted by molar-refractivity contribution is 5.98. The molecule has 140 valence electrons. The second-order valence-corrected chi connectivity index (χ2v) is 7.34. The first kappa shape index (κ1) is 17.4. The van der Waals surface area contributed by atoms with Crippen LogP contribution < -0.4 is 15.4 Å². The maximum absolute atomic E-state index is 12.6. The monoisotopic (exact) mass is 365 g/mol. The number of piperidine rings is 1. The molecule has 2 aliphatic rings. The number of nitrogens with zero attached hydrogens (tertiary/aromatic N) is 1. The third-order valence-corrected chi connectivity index (χ3v) is 5.11. The van der Waals surface area contributed by atoms with E-state index in [1.165, 1.54) is 0 Å². The van der Waals surface area contributed by atoms with Crippen molar-refractivity contribution in [1.29, 1.82) is 0 Å². The van der Waals surface area contributed by atoms with Crippen molar-refractivity contribution in [3.8, 4) is 5.75 Å². The Morgan fingerprint density at radius 1 is 1.11 bits per heavy atom. The van der Waals surface area contributed by atoms with Crippen molar-refractivity contribution in [3.63, 3.8) is 0 Å². The highest BCUT2D eigenvalue weighted by Gasteiger charge is 2.43. The van der Waals surface area contributed by atoms with Crippen LogP contribution in [-0.2, 0) is 0 Å². The second kappa shape index (κ2) is 6.61. The number of anilines is 1. The average molecular weight is 365 g/mol. The quantitative estimate of drug-likeness (QED) is 0.813. The molecule has 0 aliphatic carbocycles. The highest BCUT2D eigenvalue weighted by Crippen LogP contribution is 2.33. The summed E-state index contributed by atoms with van der Waals surface area (Å²) in [4.78, 5) is 26.8. The molecular weight excluding hydrogens is 342 g/mol. The molecule has 1 spiro atoms. The van der Waals surface area contributed by atoms with E-state index in [0.717, 1.165) is 16.8 Å². The summed E-state index contributed by atoms with van der Waals surface area (Å²) in [5.74, 6) is 0.486. The van der Waals surface area contributed by atoms with Crippen LogP contribution >= 0.6 is 0 Å². The molecule has 0 bridgehead atoms. The molecule has 2 aromatic rings. The Kier molecular flexibility index (Phi) is 4.26. The van der Waals surface area contributed by atoms with Crippen molar-refractivity contribution in [2.24, 2.45) is 0 Å². The minimum Gasteiger partial charge on any atom is -0.467 e. The summed E-state index contributed by atoms with van der Waals surface area (Å²) < 4.78 is 6.12. The van der Waals surface area contributed by atoms with Gasteiger partial charge in [0.2, 0.25) is 0 Å². The molecule has 0 saturated carbocycles. The number of nitrogens with one attached hydrogen (secondary N) is 2. The third-order valence-electron chi connectivity index (χ3n) is 5.11. The van der Waals surface area contributed by atoms with Crippen LogP contribution in [0.25, 0.3) is 0 Å². The molecule has 0 radical (unpaired) electrons. The van der Waals surface area contributed by atoms with Gasteiger partial charge in [0.05, 0.1) is 5.56 Å². The first-order chi connectivity index (χ1) is 12.9. The number of carbonyl (C=O) groups excluding carboxylic acids is 2. The average Bonchev–Trinajstić information content (AvgIpc) is 2.61. The number of para-hydroxylation sites is 1. The topological polar surface area (TPSA) is 70.7 Å². The first-order valence-corrected chi connectivity index (χ1v) is 9.19. The summed E-state index contributed by atoms with van der Waals surface area (Å²) in [5.41, 5.74) is 2.84. The van der Waals surface area contributed by atoms with Gasteiger partial charge in [-0.25, -0.2) is 4.79 Å². The van der Waals surface area contributed by atoms with Gasteiger partial charge in [-0.05, 0) is 49.2 Å². The van der Waals surface area contributed by atoms with E-state index in [1.807, 2.05) is 44.2 Å². The summed E-state index contributed by atoms with van der Waals surface area (Å²) in [6.45, 7) is 5.04. The molecule has 0 unspecified atom stereocenters. The Hall–Kier alpha value is -3.02. The van der Waals surface area contributed by atoms with Gasteiger partial charge in [-0.3, -0.25) is 4.79 Å². The molecule has 6 nitrogen and oxygen atoms in total. The standard InChI is InChI=1S/C21H23N3O3/c1-14-11-15(2)13-16(12-14)22-20(26)24-9-7-21(8-10-24)23-19(25)17-5-3-4-6-18(17)27-21/h3-6,11-13H,7-10H2,1-2H3,(H,22,26)(H,23,25). The van der Waals surface area contributed by atoms with Gasteiger partial charge < -0.3 is 20.3 Å². The Labute approximate surface area is 158 Å². The number of urea groups is 1. The molecular formula is C21H23N3O3. The summed E-state index contributed by atoms with van der Waals surface area (Å²) >= 11 is 0. The van der Waals surface area contributed by atoms with Gasteiger partial charge in [0, 0.05) is 31.6 Å². The fourth-order valence-corrected chi connectivity index (χ4v) is 3.80. The minimum atomic E-state index is -0.734. The Balaban J connectivity index is 1.42. The van der Waals surface area contributed by atoms with Crippen LogP contribution in [0.1, 0.15) is 34.3 Å². The molecule has 6 heteroatoms. The van der Waals surface area contributed by atoms with E-state index < -0.39 is 5.72 Å². The lowest BCUT2D eigenvalue weighted by Crippen LogP contribution is -2.61. The third kappa shape index (κ3) is 3.47. The minimum absolute atomic E-state index is 0.120. The van der Waals surface area contributed by atoms with Crippen molar-refractivity contribution >= 4 is 17.6 Å². The molecule has 3 amide bonds. The van der Waals surface area contributed by atoms with E-state index in [9.17, 15) is 9.59 Å². The molecule has 2 aromatic carbocycles. The smallest absolute Gasteiger partial charge is 0.321 e. The number of hydrogen-bond donors (Lipinski definition) is 2. The summed E-state index contributed by atoms with van der Waals surface area (Å²) in [5, 5.41) is 5.96. The number of rotatable bonds is 1. The van der Waals surface area contributed by atoms with E-state index in [1.54, 1.807) is 11.0 Å². The zero-order valence-corrected chi connectivity index (χ0v) is 15.5. The Bertz CT molecular complexity index is 881. The van der Waals surface area contributed by atoms with Crippen LogP contribution in [0, 0.1) is 13.8 Å². The van der Waals surface area contributed by atoms with Crippen LogP contribution in [0.5, 0.6) is 5.75 Å². The lowest BCUT2D eigenvalue weighted by Gasteiger charge is -2.44. The molecule has 2 aliphatic heterocycles. The maximum Gasteiger partial charge on any atom is 0.321 e. The van der Waals surface area contributed by atoms with Gasteiger partial charge in [-0.15, -0.1) is 0 Å². The molecule has 1 fully saturated rings. The number of likely N-dealkylation sites (tertiary alicyclic amines) is 1. The first-order valence-electron chi connectivity index (χ1n) is 9.19. The lowest BCUT2D eigenvalue weighted by molar-refractivity contribution is -0.0203. The van der Waals surface area contributed by atoms with Crippen molar-refractivity contribution < 1.29 is 14.3 Å². The molecule has 2 N–H and O–H groups in total. The SMILES string of the molecule is Cc1cc(C)cc(NC(=O)N2CCC3(CC2)NC(=O)c2ccccc2O3)c1.